The Morgan fingerprint density at radius 3 is 1.04 bits per heavy atom. The Morgan fingerprint density at radius 1 is 0.339 bits per heavy atom. The van der Waals surface area contributed by atoms with Crippen molar-refractivity contribution in [3.8, 4) is 22.3 Å². The third-order valence-electron chi connectivity index (χ3n) is 25.8. The molecule has 2 heteroatoms. The van der Waals surface area contributed by atoms with Crippen LogP contribution in [0, 0.1) is 81.8 Å². The van der Waals surface area contributed by atoms with Gasteiger partial charge in [-0.15, -0.1) is 0 Å². The smallest absolute Gasteiger partial charge is 1.00 e. The van der Waals surface area contributed by atoms with Crippen LogP contribution in [0.2, 0.25) is 0 Å². The van der Waals surface area contributed by atoms with E-state index in [1.54, 1.807) is 11.1 Å². The fraction of sp³-hybridized carbons (Fsp3) is 0.482. The first-order valence-corrected chi connectivity index (χ1v) is 42.0. The van der Waals surface area contributed by atoms with E-state index in [4.69, 9.17) is 0 Å². The Hall–Kier alpha value is -6.09. The van der Waals surface area contributed by atoms with Crippen LogP contribution in [0.25, 0.3) is 33.4 Å². The zero-order valence-electron chi connectivity index (χ0n) is 77.9. The van der Waals surface area contributed by atoms with E-state index in [9.17, 15) is 0 Å². The molecule has 0 bridgehead atoms. The minimum atomic E-state index is -0.0205. The number of benzene rings is 5. The van der Waals surface area contributed by atoms with Crippen LogP contribution in [0.4, 0.5) is 0 Å². The van der Waals surface area contributed by atoms with Gasteiger partial charge in [0.25, 0.3) is 0 Å². The third-order valence-corrected chi connectivity index (χ3v) is 25.8. The van der Waals surface area contributed by atoms with Gasteiger partial charge in [-0.3, -0.25) is 0 Å². The monoisotopic (exact) mass is 1480 g/mol. The van der Waals surface area contributed by atoms with E-state index in [1.807, 2.05) is 0 Å². The molecule has 2 saturated carbocycles. The second-order valence-electron chi connectivity index (χ2n) is 44.1. The summed E-state index contributed by atoms with van der Waals surface area (Å²) in [5.41, 5.74) is 33.2. The van der Waals surface area contributed by atoms with Gasteiger partial charge in [0, 0.05) is 11.3 Å². The Labute approximate surface area is 711 Å². The van der Waals surface area contributed by atoms with Gasteiger partial charge in [0.1, 0.15) is 0 Å². The van der Waals surface area contributed by atoms with E-state index in [0.717, 1.165) is 6.42 Å². The Kier molecular flexibility index (Phi) is 27.3. The minimum Gasteiger partial charge on any atom is -1.00 e. The first-order valence-electron chi connectivity index (χ1n) is 42.0. The first kappa shape index (κ1) is 91.4. The maximum Gasteiger partial charge on any atom is 1.00 e. The molecule has 0 amide bonds. The van der Waals surface area contributed by atoms with Crippen molar-refractivity contribution in [3.63, 3.8) is 0 Å². The maximum atomic E-state index is 2.62. The fourth-order valence-electron chi connectivity index (χ4n) is 18.6. The molecule has 0 spiro atoms. The van der Waals surface area contributed by atoms with Crippen LogP contribution in [0.15, 0.2) is 245 Å². The van der Waals surface area contributed by atoms with Gasteiger partial charge in [-0.1, -0.05) is 407 Å². The van der Waals surface area contributed by atoms with E-state index >= 15 is 0 Å². The summed E-state index contributed by atoms with van der Waals surface area (Å²) in [4.78, 5) is 0. The topological polar surface area (TPSA) is 0 Å². The molecule has 9 aliphatic rings. The number of hydrogen-bond acceptors (Lipinski definition) is 0. The van der Waals surface area contributed by atoms with Gasteiger partial charge in [0.2, 0.25) is 0 Å². The summed E-state index contributed by atoms with van der Waals surface area (Å²) < 4.78 is 0. The summed E-state index contributed by atoms with van der Waals surface area (Å²) in [7, 11) is 0. The summed E-state index contributed by atoms with van der Waals surface area (Å²) in [6.07, 6.45) is 44.5. The molecule has 5 aromatic carbocycles. The predicted molar refractivity (Wildman–Crippen MR) is 487 cm³/mol. The van der Waals surface area contributed by atoms with Gasteiger partial charge in [0.15, 0.2) is 0 Å². The zero-order valence-corrected chi connectivity index (χ0v) is 76.9. The van der Waals surface area contributed by atoms with Crippen LogP contribution < -0.4 is 37.7 Å². The SMILES string of the molecule is CC(C)(C)C1=CC2CC3C=C(C(C)(C)C)C=C(c4ccc(C(C)(C)C)cc4)C3C2C=C1.CC(C)(C)C1=CC2CC3C=C(C(C)(C)C)C=C(c4ccc(C(C)(C)C)cc4)C3C2C=C1.CC(C)(C)c1ccc(-c2cc(C(C)(C)C)cc3c2-c2ccc(C(C)(C)C)cc2C3C(C)(C)C2=CCC=C2)cc1.CC(C)=C1C=CC=C1.[CH3-].[H-].[Li+].[Li+]. The molecule has 0 radical (unpaired) electrons. The molecule has 2 fully saturated rings. The molecule has 0 N–H and O–H groups in total. The summed E-state index contributed by atoms with van der Waals surface area (Å²) in [5.74, 6) is 5.28. The van der Waals surface area contributed by atoms with Crippen LogP contribution in [-0.2, 0) is 27.1 Å². The van der Waals surface area contributed by atoms with Crippen molar-refractivity contribution in [2.75, 3.05) is 0 Å². The molecule has 0 nitrogen and oxygen atoms in total. The molecule has 5 aromatic rings. The number of hydrogen-bond donors (Lipinski definition) is 0. The van der Waals surface area contributed by atoms with Crippen LogP contribution in [0.5, 0.6) is 0 Å². The first-order chi connectivity index (χ1) is 50.3. The van der Waals surface area contributed by atoms with Crippen molar-refractivity contribution in [1.29, 1.82) is 0 Å². The van der Waals surface area contributed by atoms with Gasteiger partial charge in [-0.05, 0) is 252 Å². The van der Waals surface area contributed by atoms with Crippen LogP contribution in [0.1, 0.15) is 291 Å². The summed E-state index contributed by atoms with van der Waals surface area (Å²) >= 11 is 0. The van der Waals surface area contributed by atoms with Gasteiger partial charge < -0.3 is 8.85 Å². The Balaban J connectivity index is 0.000000221. The van der Waals surface area contributed by atoms with Gasteiger partial charge in [-0.2, -0.15) is 0 Å². The van der Waals surface area contributed by atoms with Crippen molar-refractivity contribution in [2.24, 2.45) is 74.4 Å². The van der Waals surface area contributed by atoms with Crippen LogP contribution >= 0.6 is 0 Å². The van der Waals surface area contributed by atoms with E-state index in [2.05, 4.69) is 421 Å². The summed E-state index contributed by atoms with van der Waals surface area (Å²) in [6, 6.07) is 40.6. The molecule has 112 heavy (non-hydrogen) atoms. The van der Waals surface area contributed by atoms with E-state index < -0.39 is 0 Å². The standard InChI is InChI=1S/C39H48.2C31H42.C8H10.CH3.2Li.H/c1-36(2,3)26-18-16-25(17-19-26)31-23-29(38(7,8)9)24-33-34(31)30-21-20-28(37(4,5)6)22-32(30)35(33)39(10,11)27-14-12-13-15-27;2*1-29(2,3)23-12-10-20(11-13-23)27-19-25(31(7,8)9)18-22-16-21-17-24(30(4,5)6)14-15-26(21)28(22)27;1-7(2)8-5-3-4-6-8;;;;/h12,14-24,35H,13H2,1-11H3;2*10-15,17-19,21-22,26,28H,16H2,1-9H3;3-6H,1-2H3;1H3;;;/q;;;;-1;2*+1;-1. The van der Waals surface area contributed by atoms with Gasteiger partial charge in [-0.25, -0.2) is 0 Å². The average Bonchev–Trinajstić information content (AvgIpc) is 1.56. The predicted octanol–water partition coefficient (Wildman–Crippen LogP) is 25.8. The quantitative estimate of drug-likeness (QED) is 0.122. The molecule has 0 heterocycles. The molecule has 14 rings (SSSR count). The molecular formula is C110H146Li2. The van der Waals surface area contributed by atoms with Crippen molar-refractivity contribution in [1.82, 2.24) is 0 Å². The Bertz CT molecular complexity index is 4480. The normalized spacial score (nSPS) is 22.9. The number of allylic oxidation sites excluding steroid dienone is 26. The molecule has 0 aromatic heterocycles. The van der Waals surface area contributed by atoms with Crippen molar-refractivity contribution >= 4 is 11.1 Å². The average molecular weight is 1480 g/mol. The van der Waals surface area contributed by atoms with Crippen LogP contribution in [-0.4, -0.2) is 0 Å². The van der Waals surface area contributed by atoms with E-state index in [0.29, 0.717) is 53.3 Å². The third kappa shape index (κ3) is 19.9. The second kappa shape index (κ2) is 33.5. The Morgan fingerprint density at radius 2 is 0.696 bits per heavy atom. The largest absolute Gasteiger partial charge is 1.00 e. The number of rotatable bonds is 5. The summed E-state index contributed by atoms with van der Waals surface area (Å²) in [5, 5.41) is 0. The molecule has 9 aliphatic carbocycles. The molecule has 0 saturated heterocycles. The van der Waals surface area contributed by atoms with Crippen molar-refractivity contribution < 1.29 is 39.1 Å². The number of fused-ring (bicyclic) bond motifs is 9. The van der Waals surface area contributed by atoms with E-state index in [-0.39, 0.29) is 101 Å². The van der Waals surface area contributed by atoms with Crippen molar-refractivity contribution in [2.45, 2.75) is 267 Å². The molecule has 9 atom stereocenters. The molecule has 9 unspecified atom stereocenters. The second-order valence-corrected chi connectivity index (χ2v) is 44.1. The van der Waals surface area contributed by atoms with Crippen molar-refractivity contribution in [3.05, 3.63) is 303 Å². The van der Waals surface area contributed by atoms with Gasteiger partial charge in [0.05, 0.1) is 0 Å². The molecule has 588 valence electrons. The van der Waals surface area contributed by atoms with Crippen LogP contribution in [0.3, 0.4) is 0 Å². The van der Waals surface area contributed by atoms with Gasteiger partial charge >= 0.3 is 37.7 Å². The maximum absolute atomic E-state index is 2.62. The van der Waals surface area contributed by atoms with E-state index in [1.165, 1.54) is 124 Å². The fourth-order valence-corrected chi connectivity index (χ4v) is 18.6. The molecular weight excluding hydrogens is 1340 g/mol. The molecule has 0 aliphatic heterocycles. The zero-order chi connectivity index (χ0) is 80.1. The summed E-state index contributed by atoms with van der Waals surface area (Å²) in [6.45, 7) is 72.0. The minimum absolute atomic E-state index is 0.